The molecule has 0 spiro atoms. The quantitative estimate of drug-likeness (QED) is 0.842. The SMILES string of the molecule is Br.N#CCc1ccc(NCCc2cccs2)cc1Cl. The number of rotatable bonds is 5. The molecule has 0 aliphatic heterocycles. The molecule has 0 saturated heterocycles. The van der Waals surface area contributed by atoms with Crippen LogP contribution in [0.15, 0.2) is 35.7 Å². The molecule has 0 atom stereocenters. The summed E-state index contributed by atoms with van der Waals surface area (Å²) in [6, 6.07) is 12.0. The van der Waals surface area contributed by atoms with Gasteiger partial charge in [-0.05, 0) is 35.6 Å². The first kappa shape index (κ1) is 16.0. The summed E-state index contributed by atoms with van der Waals surface area (Å²) in [4.78, 5) is 1.37. The molecular formula is C14H14BrClN2S. The van der Waals surface area contributed by atoms with Gasteiger partial charge in [0.2, 0.25) is 0 Å². The van der Waals surface area contributed by atoms with Crippen LogP contribution in [0.4, 0.5) is 5.69 Å². The molecular weight excluding hydrogens is 344 g/mol. The summed E-state index contributed by atoms with van der Waals surface area (Å²) in [5.41, 5.74) is 1.88. The number of hydrogen-bond acceptors (Lipinski definition) is 3. The monoisotopic (exact) mass is 356 g/mol. The van der Waals surface area contributed by atoms with Crippen molar-refractivity contribution in [3.8, 4) is 6.07 Å². The van der Waals surface area contributed by atoms with Crippen LogP contribution in [0.1, 0.15) is 10.4 Å². The Morgan fingerprint density at radius 3 is 2.79 bits per heavy atom. The molecule has 0 radical (unpaired) electrons. The van der Waals surface area contributed by atoms with Gasteiger partial charge < -0.3 is 5.32 Å². The number of anilines is 1. The summed E-state index contributed by atoms with van der Waals surface area (Å²) < 4.78 is 0. The first-order valence-corrected chi connectivity index (χ1v) is 6.97. The minimum atomic E-state index is 0. The van der Waals surface area contributed by atoms with Gasteiger partial charge in [0.25, 0.3) is 0 Å². The van der Waals surface area contributed by atoms with E-state index in [-0.39, 0.29) is 17.0 Å². The number of thiophene rings is 1. The Bertz CT molecular complexity index is 549. The number of halogens is 2. The molecule has 19 heavy (non-hydrogen) atoms. The van der Waals surface area contributed by atoms with Crippen LogP contribution in [0.3, 0.4) is 0 Å². The van der Waals surface area contributed by atoms with Crippen molar-refractivity contribution in [2.24, 2.45) is 0 Å². The number of nitrogens with zero attached hydrogens (tertiary/aromatic N) is 1. The van der Waals surface area contributed by atoms with E-state index in [0.29, 0.717) is 11.4 Å². The van der Waals surface area contributed by atoms with Crippen molar-refractivity contribution >= 4 is 45.6 Å². The second kappa shape index (κ2) is 8.21. The summed E-state index contributed by atoms with van der Waals surface area (Å²) in [5.74, 6) is 0. The van der Waals surface area contributed by atoms with E-state index in [9.17, 15) is 0 Å². The first-order valence-electron chi connectivity index (χ1n) is 5.71. The maximum absolute atomic E-state index is 8.64. The van der Waals surface area contributed by atoms with Gasteiger partial charge >= 0.3 is 0 Å². The van der Waals surface area contributed by atoms with Crippen LogP contribution in [0, 0.1) is 11.3 Å². The fourth-order valence-electron chi connectivity index (χ4n) is 1.67. The first-order chi connectivity index (χ1) is 8.79. The van der Waals surface area contributed by atoms with Gasteiger partial charge in [0.1, 0.15) is 0 Å². The fraction of sp³-hybridized carbons (Fsp3) is 0.214. The summed E-state index contributed by atoms with van der Waals surface area (Å²) in [6.07, 6.45) is 1.36. The Morgan fingerprint density at radius 1 is 1.32 bits per heavy atom. The van der Waals surface area contributed by atoms with Gasteiger partial charge in [-0.3, -0.25) is 0 Å². The summed E-state index contributed by atoms with van der Waals surface area (Å²) >= 11 is 7.87. The second-order valence-corrected chi connectivity index (χ2v) is 5.34. The number of nitrogens with one attached hydrogen (secondary N) is 1. The topological polar surface area (TPSA) is 35.8 Å². The Morgan fingerprint density at radius 2 is 2.16 bits per heavy atom. The Kier molecular flexibility index (Phi) is 6.93. The van der Waals surface area contributed by atoms with Gasteiger partial charge in [0.05, 0.1) is 12.5 Å². The van der Waals surface area contributed by atoms with E-state index in [1.165, 1.54) is 4.88 Å². The van der Waals surface area contributed by atoms with Crippen molar-refractivity contribution in [3.63, 3.8) is 0 Å². The van der Waals surface area contributed by atoms with Crippen LogP contribution in [0.2, 0.25) is 5.02 Å². The molecule has 1 aromatic heterocycles. The number of benzene rings is 1. The van der Waals surface area contributed by atoms with E-state index in [1.807, 2.05) is 18.2 Å². The van der Waals surface area contributed by atoms with Gasteiger partial charge in [-0.25, -0.2) is 0 Å². The van der Waals surface area contributed by atoms with E-state index >= 15 is 0 Å². The maximum Gasteiger partial charge on any atom is 0.0670 e. The smallest absolute Gasteiger partial charge is 0.0670 e. The maximum atomic E-state index is 8.64. The highest BCUT2D eigenvalue weighted by Gasteiger charge is 2.01. The third-order valence-electron chi connectivity index (χ3n) is 2.60. The zero-order chi connectivity index (χ0) is 12.8. The highest BCUT2D eigenvalue weighted by atomic mass is 79.9. The normalized spacial score (nSPS) is 9.47. The van der Waals surface area contributed by atoms with E-state index in [1.54, 1.807) is 11.3 Å². The van der Waals surface area contributed by atoms with Crippen LogP contribution in [-0.2, 0) is 12.8 Å². The lowest BCUT2D eigenvalue weighted by molar-refractivity contribution is 1.04. The molecule has 1 heterocycles. The minimum Gasteiger partial charge on any atom is -0.385 e. The molecule has 0 bridgehead atoms. The lowest BCUT2D eigenvalue weighted by Gasteiger charge is -2.07. The number of nitriles is 1. The van der Waals surface area contributed by atoms with Crippen molar-refractivity contribution in [1.29, 1.82) is 5.26 Å². The number of hydrogen-bond donors (Lipinski definition) is 1. The van der Waals surface area contributed by atoms with Crippen molar-refractivity contribution in [2.75, 3.05) is 11.9 Å². The Labute approximate surface area is 132 Å². The average Bonchev–Trinajstić information content (AvgIpc) is 2.86. The largest absolute Gasteiger partial charge is 0.385 e. The molecule has 0 saturated carbocycles. The molecule has 0 fully saturated rings. The van der Waals surface area contributed by atoms with Gasteiger partial charge in [-0.15, -0.1) is 28.3 Å². The molecule has 5 heteroatoms. The molecule has 2 aromatic rings. The van der Waals surface area contributed by atoms with E-state index in [4.69, 9.17) is 16.9 Å². The third kappa shape index (κ3) is 4.87. The molecule has 1 aromatic carbocycles. The predicted molar refractivity (Wildman–Crippen MR) is 87.6 cm³/mol. The third-order valence-corrected chi connectivity index (χ3v) is 3.89. The van der Waals surface area contributed by atoms with Crippen molar-refractivity contribution in [1.82, 2.24) is 0 Å². The average molecular weight is 358 g/mol. The van der Waals surface area contributed by atoms with Crippen LogP contribution in [-0.4, -0.2) is 6.54 Å². The molecule has 0 unspecified atom stereocenters. The van der Waals surface area contributed by atoms with Gasteiger partial charge in [-0.2, -0.15) is 5.26 Å². The zero-order valence-electron chi connectivity index (χ0n) is 10.2. The van der Waals surface area contributed by atoms with Crippen molar-refractivity contribution < 1.29 is 0 Å². The molecule has 2 rings (SSSR count). The fourth-order valence-corrected chi connectivity index (χ4v) is 2.63. The lowest BCUT2D eigenvalue weighted by atomic mass is 10.1. The van der Waals surface area contributed by atoms with E-state index < -0.39 is 0 Å². The second-order valence-electron chi connectivity index (χ2n) is 3.90. The molecule has 100 valence electrons. The van der Waals surface area contributed by atoms with Crippen LogP contribution < -0.4 is 5.32 Å². The predicted octanol–water partition coefficient (Wildman–Crippen LogP) is 4.70. The minimum absolute atomic E-state index is 0. The molecule has 1 N–H and O–H groups in total. The van der Waals surface area contributed by atoms with Gasteiger partial charge in [-0.1, -0.05) is 23.7 Å². The summed E-state index contributed by atoms with van der Waals surface area (Å²) in [5, 5.41) is 14.7. The van der Waals surface area contributed by atoms with Gasteiger partial charge in [0, 0.05) is 22.1 Å². The van der Waals surface area contributed by atoms with Crippen molar-refractivity contribution in [3.05, 3.63) is 51.2 Å². The summed E-state index contributed by atoms with van der Waals surface area (Å²) in [7, 11) is 0. The highest BCUT2D eigenvalue weighted by molar-refractivity contribution is 8.93. The highest BCUT2D eigenvalue weighted by Crippen LogP contribution is 2.21. The van der Waals surface area contributed by atoms with E-state index in [0.717, 1.165) is 24.2 Å². The van der Waals surface area contributed by atoms with Crippen molar-refractivity contribution in [2.45, 2.75) is 12.8 Å². The standard InChI is InChI=1S/C14H13ClN2S.BrH/c15-14-10-12(4-3-11(14)5-7-16)17-8-6-13-2-1-9-18-13;/h1-4,9-10,17H,5-6,8H2;1H. The molecule has 0 aliphatic rings. The van der Waals surface area contributed by atoms with E-state index in [2.05, 4.69) is 28.9 Å². The molecule has 2 nitrogen and oxygen atoms in total. The van der Waals surface area contributed by atoms with Crippen LogP contribution in [0.5, 0.6) is 0 Å². The van der Waals surface area contributed by atoms with Crippen LogP contribution >= 0.6 is 39.9 Å². The summed E-state index contributed by atoms with van der Waals surface area (Å²) in [6.45, 7) is 0.883. The molecule has 0 amide bonds. The molecule has 0 aliphatic carbocycles. The Hall–Kier alpha value is -1.02. The van der Waals surface area contributed by atoms with Crippen LogP contribution in [0.25, 0.3) is 0 Å². The Balaban J connectivity index is 0.00000180. The van der Waals surface area contributed by atoms with Gasteiger partial charge in [0.15, 0.2) is 0 Å². The zero-order valence-corrected chi connectivity index (χ0v) is 13.5. The lowest BCUT2D eigenvalue weighted by Crippen LogP contribution is -2.04.